The van der Waals surface area contributed by atoms with Gasteiger partial charge in [0.1, 0.15) is 5.75 Å². The Bertz CT molecular complexity index is 499. The summed E-state index contributed by atoms with van der Waals surface area (Å²) in [5, 5.41) is 21.3. The average Bonchev–Trinajstić information content (AvgIpc) is 2.49. The molecule has 1 aromatic rings. The van der Waals surface area contributed by atoms with Gasteiger partial charge in [-0.2, -0.15) is 0 Å². The zero-order valence-corrected chi connectivity index (χ0v) is 9.06. The number of hydrogen-bond donors (Lipinski definition) is 3. The number of amides is 1. The molecule has 0 saturated heterocycles. The van der Waals surface area contributed by atoms with Crippen molar-refractivity contribution in [3.8, 4) is 5.75 Å². The highest BCUT2D eigenvalue weighted by Gasteiger charge is 2.47. The Labute approximate surface area is 96.8 Å². The minimum Gasteiger partial charge on any atom is -0.497 e. The largest absolute Gasteiger partial charge is 0.497 e. The molecule has 90 valence electrons. The van der Waals surface area contributed by atoms with E-state index in [4.69, 9.17) is 9.84 Å². The lowest BCUT2D eigenvalue weighted by Gasteiger charge is -2.18. The van der Waals surface area contributed by atoms with Gasteiger partial charge in [-0.05, 0) is 12.1 Å². The summed E-state index contributed by atoms with van der Waals surface area (Å²) in [4.78, 5) is 22.3. The van der Waals surface area contributed by atoms with Gasteiger partial charge in [0.2, 0.25) is 0 Å². The van der Waals surface area contributed by atoms with Crippen molar-refractivity contribution in [2.24, 2.45) is 0 Å². The fourth-order valence-corrected chi connectivity index (χ4v) is 1.86. The van der Waals surface area contributed by atoms with E-state index < -0.39 is 23.9 Å². The van der Waals surface area contributed by atoms with Gasteiger partial charge in [-0.3, -0.25) is 9.59 Å². The quantitative estimate of drug-likeness (QED) is 0.703. The number of rotatable bonds is 3. The number of aliphatic carboxylic acids is 1. The third kappa shape index (κ3) is 1.72. The molecule has 1 unspecified atom stereocenters. The molecule has 0 bridgehead atoms. The molecule has 0 aliphatic carbocycles. The number of carboxylic acids is 1. The molecular formula is C11H11NO5. The van der Waals surface area contributed by atoms with Crippen LogP contribution in [0.2, 0.25) is 0 Å². The maximum atomic E-state index is 11.6. The molecule has 1 aliphatic heterocycles. The number of anilines is 1. The fraction of sp³-hybridized carbons (Fsp3) is 0.273. The molecule has 1 atom stereocenters. The number of benzene rings is 1. The average molecular weight is 237 g/mol. The maximum absolute atomic E-state index is 11.6. The summed E-state index contributed by atoms with van der Waals surface area (Å²) in [6.07, 6.45) is -0.668. The second-order valence-electron chi connectivity index (χ2n) is 3.80. The van der Waals surface area contributed by atoms with Crippen LogP contribution in [0.25, 0.3) is 0 Å². The Morgan fingerprint density at radius 3 is 2.82 bits per heavy atom. The second-order valence-corrected chi connectivity index (χ2v) is 3.80. The summed E-state index contributed by atoms with van der Waals surface area (Å²) in [6, 6.07) is 4.58. The first-order valence-corrected chi connectivity index (χ1v) is 4.91. The minimum absolute atomic E-state index is 0.255. The highest BCUT2D eigenvalue weighted by Crippen LogP contribution is 2.39. The van der Waals surface area contributed by atoms with Crippen LogP contribution in [0.1, 0.15) is 12.0 Å². The molecule has 0 aromatic heterocycles. The molecule has 17 heavy (non-hydrogen) atoms. The van der Waals surface area contributed by atoms with Crippen LogP contribution in [-0.4, -0.2) is 29.2 Å². The van der Waals surface area contributed by atoms with E-state index in [0.717, 1.165) is 0 Å². The van der Waals surface area contributed by atoms with Crippen molar-refractivity contribution in [3.63, 3.8) is 0 Å². The Morgan fingerprint density at radius 1 is 1.53 bits per heavy atom. The molecule has 1 aliphatic rings. The summed E-state index contributed by atoms with van der Waals surface area (Å²) in [7, 11) is 1.47. The Balaban J connectivity index is 2.47. The van der Waals surface area contributed by atoms with E-state index >= 15 is 0 Å². The summed E-state index contributed by atoms with van der Waals surface area (Å²) in [5.74, 6) is -1.46. The van der Waals surface area contributed by atoms with Gasteiger partial charge in [-0.1, -0.05) is 0 Å². The zero-order valence-electron chi connectivity index (χ0n) is 9.06. The van der Waals surface area contributed by atoms with E-state index in [-0.39, 0.29) is 5.56 Å². The van der Waals surface area contributed by atoms with E-state index in [0.29, 0.717) is 11.4 Å². The van der Waals surface area contributed by atoms with Crippen molar-refractivity contribution < 1.29 is 24.5 Å². The lowest BCUT2D eigenvalue weighted by Crippen LogP contribution is -2.36. The van der Waals surface area contributed by atoms with Crippen molar-refractivity contribution in [1.82, 2.24) is 0 Å². The van der Waals surface area contributed by atoms with Crippen LogP contribution in [0.3, 0.4) is 0 Å². The Morgan fingerprint density at radius 2 is 2.24 bits per heavy atom. The Hall–Kier alpha value is -2.08. The van der Waals surface area contributed by atoms with Crippen LogP contribution in [-0.2, 0) is 15.2 Å². The van der Waals surface area contributed by atoms with E-state index in [1.807, 2.05) is 0 Å². The number of nitrogens with one attached hydrogen (secondary N) is 1. The van der Waals surface area contributed by atoms with Crippen LogP contribution in [0, 0.1) is 0 Å². The molecular weight excluding hydrogens is 226 g/mol. The summed E-state index contributed by atoms with van der Waals surface area (Å²) >= 11 is 0. The van der Waals surface area contributed by atoms with Gasteiger partial charge in [0, 0.05) is 11.6 Å². The standard InChI is InChI=1S/C11H11NO5/c1-17-6-2-3-7-8(4-6)12-10(15)11(7,16)5-9(13)14/h2-4,16H,5H2,1H3,(H,12,15)(H,13,14). The number of carbonyl (C=O) groups excluding carboxylic acids is 1. The number of ether oxygens (including phenoxy) is 1. The van der Waals surface area contributed by atoms with Crippen molar-refractivity contribution in [2.75, 3.05) is 12.4 Å². The van der Waals surface area contributed by atoms with Gasteiger partial charge in [0.15, 0.2) is 5.60 Å². The van der Waals surface area contributed by atoms with E-state index in [1.165, 1.54) is 19.2 Å². The number of hydrogen-bond acceptors (Lipinski definition) is 4. The summed E-state index contributed by atoms with van der Waals surface area (Å²) < 4.78 is 4.97. The third-order valence-corrected chi connectivity index (χ3v) is 2.70. The first-order chi connectivity index (χ1) is 7.97. The lowest BCUT2D eigenvalue weighted by atomic mass is 9.92. The predicted molar refractivity (Wildman–Crippen MR) is 57.8 cm³/mol. The first kappa shape index (κ1) is 11.4. The molecule has 3 N–H and O–H groups in total. The molecule has 1 amide bonds. The number of aliphatic hydroxyl groups is 1. The Kier molecular flexibility index (Phi) is 2.51. The molecule has 0 saturated carbocycles. The number of fused-ring (bicyclic) bond motifs is 1. The van der Waals surface area contributed by atoms with Crippen LogP contribution in [0.5, 0.6) is 5.75 Å². The highest BCUT2D eigenvalue weighted by atomic mass is 16.5. The van der Waals surface area contributed by atoms with Crippen molar-refractivity contribution >= 4 is 17.6 Å². The summed E-state index contributed by atoms with van der Waals surface area (Å²) in [5.41, 5.74) is -1.38. The molecule has 0 radical (unpaired) electrons. The molecule has 6 nitrogen and oxygen atoms in total. The number of carboxylic acid groups (broad SMARTS) is 1. The van der Waals surface area contributed by atoms with Crippen molar-refractivity contribution in [1.29, 1.82) is 0 Å². The normalized spacial score (nSPS) is 21.9. The SMILES string of the molecule is COc1ccc2c(c1)NC(=O)C2(O)CC(=O)O. The van der Waals surface area contributed by atoms with Gasteiger partial charge in [-0.25, -0.2) is 0 Å². The van der Waals surface area contributed by atoms with Gasteiger partial charge in [0.25, 0.3) is 5.91 Å². The predicted octanol–water partition coefficient (Wildman–Crippen LogP) is 0.310. The van der Waals surface area contributed by atoms with Gasteiger partial charge in [0.05, 0.1) is 19.2 Å². The molecule has 2 rings (SSSR count). The highest BCUT2D eigenvalue weighted by molar-refractivity contribution is 6.06. The monoisotopic (exact) mass is 237 g/mol. The van der Waals surface area contributed by atoms with E-state index in [9.17, 15) is 14.7 Å². The van der Waals surface area contributed by atoms with Crippen LogP contribution in [0.4, 0.5) is 5.69 Å². The topological polar surface area (TPSA) is 95.9 Å². The minimum atomic E-state index is -2.01. The van der Waals surface area contributed by atoms with E-state index in [1.54, 1.807) is 6.07 Å². The molecule has 0 spiro atoms. The zero-order chi connectivity index (χ0) is 12.6. The smallest absolute Gasteiger partial charge is 0.307 e. The second kappa shape index (κ2) is 3.74. The van der Waals surface area contributed by atoms with Gasteiger partial charge in [-0.15, -0.1) is 0 Å². The molecule has 0 fully saturated rings. The third-order valence-electron chi connectivity index (χ3n) is 2.70. The molecule has 6 heteroatoms. The fourth-order valence-electron chi connectivity index (χ4n) is 1.86. The van der Waals surface area contributed by atoms with Crippen molar-refractivity contribution in [3.05, 3.63) is 23.8 Å². The van der Waals surface area contributed by atoms with Crippen LogP contribution >= 0.6 is 0 Å². The van der Waals surface area contributed by atoms with Crippen molar-refractivity contribution in [2.45, 2.75) is 12.0 Å². The number of carbonyl (C=O) groups is 2. The van der Waals surface area contributed by atoms with Crippen LogP contribution < -0.4 is 10.1 Å². The first-order valence-electron chi connectivity index (χ1n) is 4.91. The van der Waals surface area contributed by atoms with Crippen LogP contribution in [0.15, 0.2) is 18.2 Å². The van der Waals surface area contributed by atoms with Gasteiger partial charge >= 0.3 is 5.97 Å². The summed E-state index contributed by atoms with van der Waals surface area (Å²) in [6.45, 7) is 0. The maximum Gasteiger partial charge on any atom is 0.307 e. The number of methoxy groups -OCH3 is 1. The van der Waals surface area contributed by atoms with Gasteiger partial charge < -0.3 is 20.3 Å². The molecule has 1 heterocycles. The van der Waals surface area contributed by atoms with E-state index in [2.05, 4.69) is 5.32 Å². The lowest BCUT2D eigenvalue weighted by molar-refractivity contribution is -0.149. The molecule has 1 aromatic carbocycles.